The molecule has 0 aromatic heterocycles. The maximum Gasteiger partial charge on any atom is 0.414 e. The smallest absolute Gasteiger partial charge is 0.414 e. The lowest BCUT2D eigenvalue weighted by Crippen LogP contribution is -2.39. The predicted octanol–water partition coefficient (Wildman–Crippen LogP) is 1.66. The predicted molar refractivity (Wildman–Crippen MR) is 110 cm³/mol. The molecular formula is C21H26FN3O7. The van der Waals surface area contributed by atoms with Crippen molar-refractivity contribution in [3.05, 3.63) is 24.0 Å². The zero-order valence-electron chi connectivity index (χ0n) is 18.0. The Bertz CT molecular complexity index is 894. The van der Waals surface area contributed by atoms with Crippen LogP contribution in [0.2, 0.25) is 0 Å². The van der Waals surface area contributed by atoms with Crippen LogP contribution in [0, 0.1) is 5.82 Å². The van der Waals surface area contributed by atoms with Gasteiger partial charge in [-0.2, -0.15) is 0 Å². The van der Waals surface area contributed by atoms with Crippen molar-refractivity contribution in [1.29, 1.82) is 0 Å². The fraction of sp³-hybridized carbons (Fsp3) is 0.524. The maximum absolute atomic E-state index is 14.9. The number of nitrogens with zero attached hydrogens (tertiary/aromatic N) is 3. The number of halogens is 1. The van der Waals surface area contributed by atoms with Gasteiger partial charge in [-0.25, -0.2) is 19.0 Å². The lowest BCUT2D eigenvalue weighted by atomic mass is 10.1. The second-order valence-electron chi connectivity index (χ2n) is 7.44. The number of carbonyl (C=O) groups is 4. The molecule has 1 aromatic rings. The van der Waals surface area contributed by atoms with Crippen molar-refractivity contribution in [3.63, 3.8) is 0 Å². The molecule has 10 nitrogen and oxygen atoms in total. The Labute approximate surface area is 184 Å². The second kappa shape index (κ2) is 10.4. The molecule has 1 atom stereocenters. The Kier molecular flexibility index (Phi) is 7.62. The largest absolute Gasteiger partial charge is 0.459 e. The standard InChI is InChI=1S/C21H26FN3O7/c1-3-30-20(28)19(27)25-9-8-23(10-11-31-25)18-7-5-15(12-17(18)22)24-13-16(32-21(24)29)6-4-14(2)26/h5,7,12,16H,3-4,6,8-11,13H2,1-2H3/t16-/m0/s1. The van der Waals surface area contributed by atoms with Crippen LogP contribution < -0.4 is 9.80 Å². The molecular weight excluding hydrogens is 425 g/mol. The summed E-state index contributed by atoms with van der Waals surface area (Å²) in [6.07, 6.45) is -0.263. The Hall–Kier alpha value is -3.21. The first-order valence-corrected chi connectivity index (χ1v) is 10.4. The molecule has 0 unspecified atom stereocenters. The maximum atomic E-state index is 14.9. The average molecular weight is 451 g/mol. The summed E-state index contributed by atoms with van der Waals surface area (Å²) in [5.41, 5.74) is 0.634. The number of hydrogen-bond donors (Lipinski definition) is 0. The SMILES string of the molecule is CCOC(=O)C(=O)N1CCN(c2ccc(N3C[C@H](CCC(C)=O)OC3=O)cc2F)CCO1. The molecule has 0 aliphatic carbocycles. The highest BCUT2D eigenvalue weighted by molar-refractivity contribution is 6.32. The molecule has 0 N–H and O–H groups in total. The highest BCUT2D eigenvalue weighted by atomic mass is 19.1. The number of ketones is 1. The van der Waals surface area contributed by atoms with Gasteiger partial charge in [0.2, 0.25) is 0 Å². The van der Waals surface area contributed by atoms with Crippen LogP contribution in [-0.2, 0) is 28.7 Å². The number of hydrogen-bond acceptors (Lipinski definition) is 8. The van der Waals surface area contributed by atoms with E-state index in [9.17, 15) is 23.6 Å². The highest BCUT2D eigenvalue weighted by Crippen LogP contribution is 2.29. The van der Waals surface area contributed by atoms with Gasteiger partial charge in [-0.1, -0.05) is 0 Å². The lowest BCUT2D eigenvalue weighted by Gasteiger charge is -2.23. The van der Waals surface area contributed by atoms with E-state index in [1.54, 1.807) is 24.0 Å². The molecule has 3 rings (SSSR count). The minimum atomic E-state index is -1.00. The summed E-state index contributed by atoms with van der Waals surface area (Å²) in [4.78, 5) is 55.3. The molecule has 2 aliphatic rings. The van der Waals surface area contributed by atoms with Crippen LogP contribution in [0.5, 0.6) is 0 Å². The van der Waals surface area contributed by atoms with Crippen molar-refractivity contribution in [3.8, 4) is 0 Å². The minimum absolute atomic E-state index is 0.0128. The highest BCUT2D eigenvalue weighted by Gasteiger charge is 2.33. The number of hydroxylamine groups is 2. The van der Waals surface area contributed by atoms with E-state index in [-0.39, 0.29) is 44.3 Å². The molecule has 2 aliphatic heterocycles. The molecule has 2 fully saturated rings. The number of cyclic esters (lactones) is 1. The molecule has 174 valence electrons. The first-order valence-electron chi connectivity index (χ1n) is 10.4. The van der Waals surface area contributed by atoms with Crippen LogP contribution in [0.25, 0.3) is 0 Å². The summed E-state index contributed by atoms with van der Waals surface area (Å²) < 4.78 is 24.9. The van der Waals surface area contributed by atoms with Crippen molar-refractivity contribution < 1.29 is 37.9 Å². The minimum Gasteiger partial charge on any atom is -0.459 e. The summed E-state index contributed by atoms with van der Waals surface area (Å²) >= 11 is 0. The van der Waals surface area contributed by atoms with E-state index in [2.05, 4.69) is 0 Å². The Morgan fingerprint density at radius 2 is 2.00 bits per heavy atom. The topological polar surface area (TPSA) is 106 Å². The number of carbonyl (C=O) groups excluding carboxylic acids is 4. The third kappa shape index (κ3) is 5.52. The van der Waals surface area contributed by atoms with Crippen molar-refractivity contribution in [2.24, 2.45) is 0 Å². The lowest BCUT2D eigenvalue weighted by molar-refractivity contribution is -0.191. The molecule has 0 radical (unpaired) electrons. The quantitative estimate of drug-likeness (QED) is 0.475. The third-order valence-electron chi connectivity index (χ3n) is 5.13. The Morgan fingerprint density at radius 1 is 1.22 bits per heavy atom. The molecule has 2 amide bonds. The van der Waals surface area contributed by atoms with Gasteiger partial charge >= 0.3 is 18.0 Å². The monoisotopic (exact) mass is 451 g/mol. The van der Waals surface area contributed by atoms with Crippen LogP contribution in [0.4, 0.5) is 20.6 Å². The van der Waals surface area contributed by atoms with Crippen molar-refractivity contribution in [1.82, 2.24) is 5.06 Å². The number of ether oxygens (including phenoxy) is 2. The number of benzene rings is 1. The van der Waals surface area contributed by atoms with Gasteiger partial charge in [0.1, 0.15) is 17.7 Å². The van der Waals surface area contributed by atoms with Crippen LogP contribution in [-0.4, -0.2) is 74.3 Å². The number of amides is 2. The first kappa shape index (κ1) is 23.5. The molecule has 2 saturated heterocycles. The van der Waals surface area contributed by atoms with Gasteiger partial charge < -0.3 is 19.2 Å². The molecule has 1 aromatic carbocycles. The van der Waals surface area contributed by atoms with Gasteiger partial charge in [0.15, 0.2) is 0 Å². The fourth-order valence-electron chi connectivity index (χ4n) is 3.51. The number of anilines is 2. The summed E-state index contributed by atoms with van der Waals surface area (Å²) in [6.45, 7) is 4.04. The van der Waals surface area contributed by atoms with E-state index in [0.717, 1.165) is 5.06 Å². The van der Waals surface area contributed by atoms with Crippen molar-refractivity contribution >= 4 is 35.1 Å². The van der Waals surface area contributed by atoms with Crippen LogP contribution in [0.3, 0.4) is 0 Å². The van der Waals surface area contributed by atoms with Gasteiger partial charge in [-0.05, 0) is 38.5 Å². The molecule has 0 saturated carbocycles. The summed E-state index contributed by atoms with van der Waals surface area (Å²) in [7, 11) is 0. The van der Waals surface area contributed by atoms with Crippen molar-refractivity contribution in [2.45, 2.75) is 32.8 Å². The van der Waals surface area contributed by atoms with Gasteiger partial charge in [-0.15, -0.1) is 0 Å². The van der Waals surface area contributed by atoms with Crippen LogP contribution in [0.1, 0.15) is 26.7 Å². The summed E-state index contributed by atoms with van der Waals surface area (Å²) in [5.74, 6) is -2.45. The normalized spacial score (nSPS) is 18.9. The number of Topliss-reactive ketones (excluding diaryl/α,β-unsaturated/α-hetero) is 1. The number of rotatable bonds is 6. The van der Waals surface area contributed by atoms with Gasteiger partial charge in [0.25, 0.3) is 0 Å². The molecule has 0 spiro atoms. The van der Waals surface area contributed by atoms with E-state index in [4.69, 9.17) is 14.3 Å². The third-order valence-corrected chi connectivity index (χ3v) is 5.13. The van der Waals surface area contributed by atoms with E-state index in [1.807, 2.05) is 0 Å². The van der Waals surface area contributed by atoms with E-state index < -0.39 is 29.9 Å². The molecule has 11 heteroatoms. The Morgan fingerprint density at radius 3 is 2.69 bits per heavy atom. The number of esters is 1. The zero-order valence-corrected chi connectivity index (χ0v) is 18.0. The van der Waals surface area contributed by atoms with E-state index in [0.29, 0.717) is 25.1 Å². The Balaban J connectivity index is 1.64. The van der Waals surface area contributed by atoms with Crippen LogP contribution >= 0.6 is 0 Å². The van der Waals surface area contributed by atoms with Gasteiger partial charge in [0.05, 0.1) is 37.7 Å². The summed E-state index contributed by atoms with van der Waals surface area (Å²) in [6, 6.07) is 4.40. The second-order valence-corrected chi connectivity index (χ2v) is 7.44. The molecule has 2 heterocycles. The van der Waals surface area contributed by atoms with E-state index in [1.165, 1.54) is 17.9 Å². The fourth-order valence-corrected chi connectivity index (χ4v) is 3.51. The molecule has 32 heavy (non-hydrogen) atoms. The first-order chi connectivity index (χ1) is 15.3. The average Bonchev–Trinajstić information content (AvgIpc) is 2.96. The molecule has 0 bridgehead atoms. The van der Waals surface area contributed by atoms with Crippen LogP contribution in [0.15, 0.2) is 18.2 Å². The van der Waals surface area contributed by atoms with Gasteiger partial charge in [0, 0.05) is 19.5 Å². The van der Waals surface area contributed by atoms with Crippen molar-refractivity contribution in [2.75, 3.05) is 49.2 Å². The summed E-state index contributed by atoms with van der Waals surface area (Å²) in [5, 5.41) is 0.922. The zero-order chi connectivity index (χ0) is 23.3. The van der Waals surface area contributed by atoms with Gasteiger partial charge in [-0.3, -0.25) is 14.5 Å². The van der Waals surface area contributed by atoms with E-state index >= 15 is 0 Å².